The minimum atomic E-state index is -0.276. The number of hydrogen-bond acceptors (Lipinski definition) is 2. The molecule has 0 atom stereocenters. The number of carbonyl (C=O) groups excluding carboxylic acids is 2. The van der Waals surface area contributed by atoms with Gasteiger partial charge in [0.05, 0.1) is 0 Å². The van der Waals surface area contributed by atoms with Crippen LogP contribution in [0.25, 0.3) is 16.8 Å². The average molecular weight is 384 g/mol. The van der Waals surface area contributed by atoms with Gasteiger partial charge in [0.1, 0.15) is 5.70 Å². The van der Waals surface area contributed by atoms with E-state index >= 15 is 0 Å². The van der Waals surface area contributed by atoms with Crippen molar-refractivity contribution in [2.24, 2.45) is 0 Å². The molecule has 0 bridgehead atoms. The molecule has 1 aliphatic rings. The number of nitrogens with one attached hydrogen (secondary N) is 1. The first-order chi connectivity index (χ1) is 14.2. The Bertz CT molecular complexity index is 1050. The molecule has 0 aromatic heterocycles. The molecule has 1 N–H and O–H groups in total. The highest BCUT2D eigenvalue weighted by Crippen LogP contribution is 2.22. The van der Waals surface area contributed by atoms with Gasteiger partial charge in [0.2, 0.25) is 0 Å². The van der Waals surface area contributed by atoms with Crippen molar-refractivity contribution in [2.45, 2.75) is 19.3 Å². The second kappa shape index (κ2) is 8.74. The van der Waals surface area contributed by atoms with Gasteiger partial charge in [0, 0.05) is 18.7 Å². The summed E-state index contributed by atoms with van der Waals surface area (Å²) >= 11 is 0. The minimum Gasteiger partial charge on any atom is -0.337 e. The van der Waals surface area contributed by atoms with E-state index in [9.17, 15) is 9.59 Å². The smallest absolute Gasteiger partial charge is 0.270 e. The number of nitrogens with zero attached hydrogens (tertiary/aromatic N) is 1. The van der Waals surface area contributed by atoms with Crippen LogP contribution in [-0.2, 0) is 4.79 Å². The lowest BCUT2D eigenvalue weighted by Gasteiger charge is -2.27. The van der Waals surface area contributed by atoms with Crippen LogP contribution in [0.4, 0.5) is 0 Å². The Morgan fingerprint density at radius 2 is 1.48 bits per heavy atom. The molecular formula is C25H24N2O2. The normalized spacial score (nSPS) is 14.6. The molecule has 1 fully saturated rings. The van der Waals surface area contributed by atoms with Crippen LogP contribution in [0, 0.1) is 0 Å². The molecule has 1 saturated heterocycles. The third-order valence-corrected chi connectivity index (χ3v) is 5.28. The summed E-state index contributed by atoms with van der Waals surface area (Å²) in [5, 5.41) is 5.02. The van der Waals surface area contributed by atoms with Crippen LogP contribution < -0.4 is 5.32 Å². The second-order valence-electron chi connectivity index (χ2n) is 7.30. The van der Waals surface area contributed by atoms with Gasteiger partial charge in [-0.1, -0.05) is 60.7 Å². The van der Waals surface area contributed by atoms with Crippen LogP contribution in [-0.4, -0.2) is 29.8 Å². The summed E-state index contributed by atoms with van der Waals surface area (Å²) in [6.07, 6.45) is 4.95. The standard InChI is InChI=1S/C25H24N2O2/c28-24(20-11-3-1-4-12-20)26-23(25(29)27-16-7-2-8-17-27)18-21-14-9-13-19-10-5-6-15-22(19)21/h1,3-6,9-15,18H,2,7-8,16-17H2,(H,26,28)/b23-18+. The summed E-state index contributed by atoms with van der Waals surface area (Å²) in [6, 6.07) is 23.0. The van der Waals surface area contributed by atoms with E-state index in [0.29, 0.717) is 11.3 Å². The third-order valence-electron chi connectivity index (χ3n) is 5.28. The number of likely N-dealkylation sites (tertiary alicyclic amines) is 1. The first-order valence-electron chi connectivity index (χ1n) is 10.1. The van der Waals surface area contributed by atoms with Crippen molar-refractivity contribution in [3.63, 3.8) is 0 Å². The predicted octanol–water partition coefficient (Wildman–Crippen LogP) is 4.62. The Morgan fingerprint density at radius 1 is 0.793 bits per heavy atom. The number of piperidine rings is 1. The molecule has 0 unspecified atom stereocenters. The van der Waals surface area contributed by atoms with Crippen LogP contribution in [0.3, 0.4) is 0 Å². The van der Waals surface area contributed by atoms with E-state index < -0.39 is 0 Å². The van der Waals surface area contributed by atoms with Crippen LogP contribution >= 0.6 is 0 Å². The molecule has 0 saturated carbocycles. The van der Waals surface area contributed by atoms with Gasteiger partial charge in [-0.05, 0) is 53.8 Å². The van der Waals surface area contributed by atoms with Gasteiger partial charge in [-0.15, -0.1) is 0 Å². The first kappa shape index (κ1) is 18.9. The summed E-state index contributed by atoms with van der Waals surface area (Å²) in [6.45, 7) is 1.46. The largest absolute Gasteiger partial charge is 0.337 e. The van der Waals surface area contributed by atoms with E-state index in [-0.39, 0.29) is 11.8 Å². The Kier molecular flexibility index (Phi) is 5.71. The van der Waals surface area contributed by atoms with Crippen molar-refractivity contribution < 1.29 is 9.59 Å². The number of fused-ring (bicyclic) bond motifs is 1. The summed E-state index contributed by atoms with van der Waals surface area (Å²) in [7, 11) is 0. The van der Waals surface area contributed by atoms with Crippen LogP contribution in [0.1, 0.15) is 35.2 Å². The fourth-order valence-corrected chi connectivity index (χ4v) is 3.73. The zero-order chi connectivity index (χ0) is 20.1. The van der Waals surface area contributed by atoms with Gasteiger partial charge in [-0.25, -0.2) is 0 Å². The summed E-state index contributed by atoms with van der Waals surface area (Å²) in [5.41, 5.74) is 1.76. The molecule has 1 heterocycles. The summed E-state index contributed by atoms with van der Waals surface area (Å²) in [5.74, 6) is -0.399. The zero-order valence-corrected chi connectivity index (χ0v) is 16.3. The molecule has 4 nitrogen and oxygen atoms in total. The van der Waals surface area contributed by atoms with Gasteiger partial charge in [0.25, 0.3) is 11.8 Å². The average Bonchev–Trinajstić information content (AvgIpc) is 2.79. The van der Waals surface area contributed by atoms with E-state index in [4.69, 9.17) is 0 Å². The van der Waals surface area contributed by atoms with E-state index in [0.717, 1.165) is 48.7 Å². The second-order valence-corrected chi connectivity index (χ2v) is 7.30. The molecule has 0 spiro atoms. The fraction of sp³-hybridized carbons (Fsp3) is 0.200. The number of rotatable bonds is 4. The fourth-order valence-electron chi connectivity index (χ4n) is 3.73. The van der Waals surface area contributed by atoms with Crippen LogP contribution in [0.15, 0.2) is 78.5 Å². The van der Waals surface area contributed by atoms with E-state index in [2.05, 4.69) is 5.32 Å². The third kappa shape index (κ3) is 4.37. The zero-order valence-electron chi connectivity index (χ0n) is 16.3. The Balaban J connectivity index is 1.71. The molecule has 3 aromatic rings. The van der Waals surface area contributed by atoms with Crippen molar-refractivity contribution in [3.05, 3.63) is 89.6 Å². The van der Waals surface area contributed by atoms with Crippen molar-refractivity contribution in [1.29, 1.82) is 0 Å². The first-order valence-corrected chi connectivity index (χ1v) is 10.1. The lowest BCUT2D eigenvalue weighted by atomic mass is 10.0. The van der Waals surface area contributed by atoms with Crippen molar-refractivity contribution in [1.82, 2.24) is 10.2 Å². The maximum atomic E-state index is 13.2. The SMILES string of the molecule is O=C(N/C(=C/c1cccc2ccccc12)C(=O)N1CCCCC1)c1ccccc1. The van der Waals surface area contributed by atoms with E-state index in [1.807, 2.05) is 65.6 Å². The number of benzene rings is 3. The number of amides is 2. The Labute approximate surface area is 170 Å². The van der Waals surface area contributed by atoms with Crippen molar-refractivity contribution >= 4 is 28.7 Å². The van der Waals surface area contributed by atoms with Gasteiger partial charge in [-0.3, -0.25) is 9.59 Å². The van der Waals surface area contributed by atoms with Crippen LogP contribution in [0.2, 0.25) is 0 Å². The molecule has 3 aromatic carbocycles. The Hall–Kier alpha value is -3.40. The van der Waals surface area contributed by atoms with Gasteiger partial charge in [-0.2, -0.15) is 0 Å². The molecule has 0 radical (unpaired) electrons. The van der Waals surface area contributed by atoms with Crippen molar-refractivity contribution in [2.75, 3.05) is 13.1 Å². The number of hydrogen-bond donors (Lipinski definition) is 1. The molecular weight excluding hydrogens is 360 g/mol. The van der Waals surface area contributed by atoms with Gasteiger partial charge in [0.15, 0.2) is 0 Å². The highest BCUT2D eigenvalue weighted by atomic mass is 16.2. The lowest BCUT2D eigenvalue weighted by Crippen LogP contribution is -2.41. The highest BCUT2D eigenvalue weighted by Gasteiger charge is 2.22. The molecule has 29 heavy (non-hydrogen) atoms. The maximum Gasteiger partial charge on any atom is 0.270 e. The Morgan fingerprint density at radius 3 is 2.28 bits per heavy atom. The summed E-state index contributed by atoms with van der Waals surface area (Å²) in [4.78, 5) is 27.9. The lowest BCUT2D eigenvalue weighted by molar-refractivity contribution is -0.128. The molecule has 2 amide bonds. The van der Waals surface area contributed by atoms with E-state index in [1.165, 1.54) is 0 Å². The minimum absolute atomic E-state index is 0.123. The summed E-state index contributed by atoms with van der Waals surface area (Å²) < 4.78 is 0. The predicted molar refractivity (Wildman–Crippen MR) is 116 cm³/mol. The topological polar surface area (TPSA) is 49.4 Å². The molecule has 4 rings (SSSR count). The van der Waals surface area contributed by atoms with Gasteiger partial charge >= 0.3 is 0 Å². The molecule has 0 aliphatic carbocycles. The van der Waals surface area contributed by atoms with Crippen LogP contribution in [0.5, 0.6) is 0 Å². The highest BCUT2D eigenvalue weighted by molar-refractivity contribution is 6.06. The monoisotopic (exact) mass is 384 g/mol. The number of carbonyl (C=O) groups is 2. The maximum absolute atomic E-state index is 13.2. The van der Waals surface area contributed by atoms with Crippen molar-refractivity contribution in [3.8, 4) is 0 Å². The van der Waals surface area contributed by atoms with Gasteiger partial charge < -0.3 is 10.2 Å². The molecule has 1 aliphatic heterocycles. The molecule has 146 valence electrons. The van der Waals surface area contributed by atoms with E-state index in [1.54, 1.807) is 18.2 Å². The quantitative estimate of drug-likeness (QED) is 0.667. The molecule has 4 heteroatoms.